The maximum absolute atomic E-state index is 12.7. The average Bonchev–Trinajstić information content (AvgIpc) is 2.73. The van der Waals surface area contributed by atoms with Gasteiger partial charge in [0.2, 0.25) is 5.88 Å². The summed E-state index contributed by atoms with van der Waals surface area (Å²) in [6, 6.07) is 8.07. The first-order valence-corrected chi connectivity index (χ1v) is 4.67. The SMILES string of the molecule is [CH2]Oc1[nH]nc(C(F)(F)F)c1-c1ccccc1. The molecule has 0 unspecified atom stereocenters. The van der Waals surface area contributed by atoms with Crippen molar-refractivity contribution >= 4 is 0 Å². The Morgan fingerprint density at radius 3 is 2.35 bits per heavy atom. The van der Waals surface area contributed by atoms with Crippen LogP contribution in [0.2, 0.25) is 0 Å². The van der Waals surface area contributed by atoms with Crippen LogP contribution in [0.5, 0.6) is 5.88 Å². The van der Waals surface area contributed by atoms with E-state index in [-0.39, 0.29) is 11.4 Å². The number of hydrogen-bond acceptors (Lipinski definition) is 2. The molecule has 0 spiro atoms. The zero-order valence-electron chi connectivity index (χ0n) is 8.58. The van der Waals surface area contributed by atoms with Crippen LogP contribution in [0.3, 0.4) is 0 Å². The summed E-state index contributed by atoms with van der Waals surface area (Å²) in [7, 11) is 3.10. The van der Waals surface area contributed by atoms with Gasteiger partial charge in [-0.1, -0.05) is 30.3 Å². The second-order valence-electron chi connectivity index (χ2n) is 3.28. The van der Waals surface area contributed by atoms with Crippen molar-refractivity contribution in [3.63, 3.8) is 0 Å². The fraction of sp³-hybridized carbons (Fsp3) is 0.0909. The van der Waals surface area contributed by atoms with Crippen molar-refractivity contribution in [3.8, 4) is 17.0 Å². The molecule has 0 aliphatic heterocycles. The van der Waals surface area contributed by atoms with E-state index in [0.29, 0.717) is 5.56 Å². The molecule has 17 heavy (non-hydrogen) atoms. The number of ether oxygens (including phenoxy) is 1. The smallest absolute Gasteiger partial charge is 0.435 e. The molecule has 1 N–H and O–H groups in total. The number of benzene rings is 1. The van der Waals surface area contributed by atoms with Gasteiger partial charge in [-0.05, 0) is 5.56 Å². The highest BCUT2D eigenvalue weighted by Crippen LogP contribution is 2.40. The van der Waals surface area contributed by atoms with Crippen molar-refractivity contribution in [1.29, 1.82) is 0 Å². The lowest BCUT2D eigenvalue weighted by Gasteiger charge is -2.07. The standard InChI is InChI=1S/C11H8F3N2O/c1-17-10-8(7-5-3-2-4-6-7)9(15-16-10)11(12,13)14/h2-6H,1H2,(H,15,16). The van der Waals surface area contributed by atoms with Crippen LogP contribution >= 0.6 is 0 Å². The molecule has 0 saturated carbocycles. The molecule has 1 radical (unpaired) electrons. The maximum atomic E-state index is 12.7. The second kappa shape index (κ2) is 4.12. The van der Waals surface area contributed by atoms with Crippen molar-refractivity contribution in [2.75, 3.05) is 0 Å². The third-order valence-corrected chi connectivity index (χ3v) is 2.21. The topological polar surface area (TPSA) is 37.9 Å². The largest absolute Gasteiger partial charge is 0.474 e. The van der Waals surface area contributed by atoms with Crippen LogP contribution in [-0.4, -0.2) is 10.2 Å². The summed E-state index contributed by atoms with van der Waals surface area (Å²) in [6.45, 7) is 0. The maximum Gasteiger partial charge on any atom is 0.435 e. The van der Waals surface area contributed by atoms with Gasteiger partial charge in [-0.3, -0.25) is 0 Å². The van der Waals surface area contributed by atoms with E-state index >= 15 is 0 Å². The third-order valence-electron chi connectivity index (χ3n) is 2.21. The summed E-state index contributed by atoms with van der Waals surface area (Å²) in [6.07, 6.45) is -4.54. The molecule has 0 amide bonds. The van der Waals surface area contributed by atoms with Gasteiger partial charge in [-0.25, -0.2) is 5.10 Å². The summed E-state index contributed by atoms with van der Waals surface area (Å²) in [4.78, 5) is 0. The number of hydrogen-bond donors (Lipinski definition) is 1. The van der Waals surface area contributed by atoms with Crippen LogP contribution in [0.15, 0.2) is 30.3 Å². The highest BCUT2D eigenvalue weighted by atomic mass is 19.4. The second-order valence-corrected chi connectivity index (χ2v) is 3.28. The van der Waals surface area contributed by atoms with E-state index in [0.717, 1.165) is 0 Å². The Morgan fingerprint density at radius 1 is 1.18 bits per heavy atom. The Morgan fingerprint density at radius 2 is 1.82 bits per heavy atom. The molecule has 1 aromatic carbocycles. The summed E-state index contributed by atoms with van der Waals surface area (Å²) in [5, 5.41) is 5.39. The molecule has 2 rings (SSSR count). The molecular weight excluding hydrogens is 233 g/mol. The van der Waals surface area contributed by atoms with Crippen LogP contribution in [0.25, 0.3) is 11.1 Å². The highest BCUT2D eigenvalue weighted by Gasteiger charge is 2.38. The third kappa shape index (κ3) is 2.11. The number of nitrogens with one attached hydrogen (secondary N) is 1. The van der Waals surface area contributed by atoms with Gasteiger partial charge in [-0.2, -0.15) is 18.3 Å². The summed E-state index contributed by atoms with van der Waals surface area (Å²) >= 11 is 0. The summed E-state index contributed by atoms with van der Waals surface area (Å²) in [5.41, 5.74) is -0.775. The molecule has 1 heterocycles. The summed E-state index contributed by atoms with van der Waals surface area (Å²) in [5.74, 6) is -0.108. The molecule has 0 aliphatic rings. The number of H-pyrrole nitrogens is 1. The molecule has 3 nitrogen and oxygen atoms in total. The molecule has 1 aromatic heterocycles. The van der Waals surface area contributed by atoms with E-state index in [1.165, 1.54) is 0 Å². The van der Waals surface area contributed by atoms with Gasteiger partial charge in [-0.15, -0.1) is 0 Å². The van der Waals surface area contributed by atoms with Crippen molar-refractivity contribution in [3.05, 3.63) is 43.1 Å². The minimum absolute atomic E-state index is 0.108. The highest BCUT2D eigenvalue weighted by molar-refractivity contribution is 5.71. The molecule has 2 aromatic rings. The van der Waals surface area contributed by atoms with Crippen molar-refractivity contribution < 1.29 is 17.9 Å². The molecule has 89 valence electrons. The molecule has 0 bridgehead atoms. The zero-order valence-corrected chi connectivity index (χ0v) is 8.58. The van der Waals surface area contributed by atoms with E-state index in [2.05, 4.69) is 22.0 Å². The van der Waals surface area contributed by atoms with Gasteiger partial charge in [0.25, 0.3) is 0 Å². The van der Waals surface area contributed by atoms with Crippen LogP contribution < -0.4 is 4.74 Å². The lowest BCUT2D eigenvalue weighted by molar-refractivity contribution is -0.140. The van der Waals surface area contributed by atoms with Crippen molar-refractivity contribution in [2.24, 2.45) is 0 Å². The van der Waals surface area contributed by atoms with E-state index in [9.17, 15) is 13.2 Å². The Kier molecular flexibility index (Phi) is 2.79. The minimum atomic E-state index is -4.54. The Labute approximate surface area is 95.2 Å². The van der Waals surface area contributed by atoms with Crippen LogP contribution in [0.1, 0.15) is 5.69 Å². The van der Waals surface area contributed by atoms with Crippen molar-refractivity contribution in [2.45, 2.75) is 6.18 Å². The van der Waals surface area contributed by atoms with Gasteiger partial charge >= 0.3 is 6.18 Å². The Balaban J connectivity index is 2.62. The average molecular weight is 241 g/mol. The predicted molar refractivity (Wildman–Crippen MR) is 55.0 cm³/mol. The summed E-state index contributed by atoms with van der Waals surface area (Å²) < 4.78 is 42.8. The molecule has 0 atom stereocenters. The minimum Gasteiger partial charge on any atom is -0.474 e. The lowest BCUT2D eigenvalue weighted by atomic mass is 10.1. The van der Waals surface area contributed by atoms with Crippen molar-refractivity contribution in [1.82, 2.24) is 10.2 Å². The Bertz CT molecular complexity index is 505. The molecule has 0 saturated heterocycles. The fourth-order valence-electron chi connectivity index (χ4n) is 1.51. The van der Waals surface area contributed by atoms with Gasteiger partial charge < -0.3 is 4.74 Å². The van der Waals surface area contributed by atoms with Gasteiger partial charge in [0.15, 0.2) is 5.69 Å². The zero-order chi connectivity index (χ0) is 12.5. The van der Waals surface area contributed by atoms with E-state index in [4.69, 9.17) is 0 Å². The normalized spacial score (nSPS) is 11.5. The van der Waals surface area contributed by atoms with E-state index in [1.54, 1.807) is 30.3 Å². The van der Waals surface area contributed by atoms with Gasteiger partial charge in [0.1, 0.15) is 7.11 Å². The van der Waals surface area contributed by atoms with E-state index in [1.807, 2.05) is 0 Å². The van der Waals surface area contributed by atoms with Gasteiger partial charge in [0, 0.05) is 0 Å². The van der Waals surface area contributed by atoms with E-state index < -0.39 is 11.9 Å². The quantitative estimate of drug-likeness (QED) is 0.876. The number of rotatable bonds is 2. The number of aromatic amines is 1. The predicted octanol–water partition coefficient (Wildman–Crippen LogP) is 3.27. The van der Waals surface area contributed by atoms with Crippen LogP contribution in [0.4, 0.5) is 13.2 Å². The lowest BCUT2D eigenvalue weighted by Crippen LogP contribution is -2.07. The fourth-order valence-corrected chi connectivity index (χ4v) is 1.51. The molecular formula is C11H8F3N2O. The first-order chi connectivity index (χ1) is 8.04. The van der Waals surface area contributed by atoms with Crippen LogP contribution in [-0.2, 0) is 6.18 Å². The number of nitrogens with zero attached hydrogens (tertiary/aromatic N) is 1. The molecule has 0 aliphatic carbocycles. The number of halogens is 3. The first kappa shape index (κ1) is 11.5. The molecule has 0 fully saturated rings. The number of alkyl halides is 3. The monoisotopic (exact) mass is 241 g/mol. The molecule has 6 heteroatoms. The Hall–Kier alpha value is -1.98. The van der Waals surface area contributed by atoms with Crippen LogP contribution in [0, 0.1) is 7.11 Å². The van der Waals surface area contributed by atoms with Gasteiger partial charge in [0.05, 0.1) is 5.56 Å². The number of aromatic nitrogens is 2. The first-order valence-electron chi connectivity index (χ1n) is 4.67.